The average molecular weight is 189 g/mol. The molecule has 12 heavy (non-hydrogen) atoms. The fourth-order valence-electron chi connectivity index (χ4n) is 0.607. The van der Waals surface area contributed by atoms with Gasteiger partial charge < -0.3 is 11.1 Å². The van der Waals surface area contributed by atoms with E-state index in [1.807, 2.05) is 0 Å². The fourth-order valence-corrected chi connectivity index (χ4v) is 0.757. The summed E-state index contributed by atoms with van der Waals surface area (Å²) in [5, 5.41) is 7.54. The van der Waals surface area contributed by atoms with Gasteiger partial charge in [0.15, 0.2) is 5.15 Å². The fraction of sp³-hybridized carbons (Fsp3) is 0. The number of aromatic amines is 1. The average Bonchev–Trinajstić information content (AvgIpc) is 1.98. The largest absolute Gasteiger partial charge is 0.351 e. The molecule has 1 aromatic heterocycles. The zero-order valence-electron chi connectivity index (χ0n) is 5.80. The van der Waals surface area contributed by atoms with E-state index < -0.39 is 11.5 Å². The molecule has 0 aliphatic rings. The van der Waals surface area contributed by atoms with Crippen LogP contribution in [0.4, 0.5) is 10.5 Å². The van der Waals surface area contributed by atoms with Crippen molar-refractivity contribution >= 4 is 23.3 Å². The number of urea groups is 1. The maximum Gasteiger partial charge on any atom is 0.316 e. The van der Waals surface area contributed by atoms with Gasteiger partial charge in [-0.3, -0.25) is 9.89 Å². The first-order valence-corrected chi connectivity index (χ1v) is 3.29. The molecule has 0 unspecified atom stereocenters. The number of carbonyl (C=O) groups is 1. The molecule has 0 bridgehead atoms. The van der Waals surface area contributed by atoms with Crippen molar-refractivity contribution in [2.45, 2.75) is 0 Å². The van der Waals surface area contributed by atoms with E-state index in [0.29, 0.717) is 0 Å². The molecular weight excluding hydrogens is 184 g/mol. The number of nitrogens with one attached hydrogen (secondary N) is 2. The zero-order chi connectivity index (χ0) is 9.14. The molecule has 0 spiro atoms. The van der Waals surface area contributed by atoms with Gasteiger partial charge in [0, 0.05) is 6.20 Å². The van der Waals surface area contributed by atoms with E-state index in [9.17, 15) is 9.59 Å². The molecule has 1 rings (SSSR count). The highest BCUT2D eigenvalue weighted by Gasteiger charge is 2.04. The molecule has 6 nitrogen and oxygen atoms in total. The van der Waals surface area contributed by atoms with Crippen LogP contribution in [0.25, 0.3) is 0 Å². The minimum Gasteiger partial charge on any atom is -0.351 e. The molecule has 1 aromatic rings. The van der Waals surface area contributed by atoms with E-state index in [-0.39, 0.29) is 10.8 Å². The third kappa shape index (κ3) is 1.73. The standard InChI is InChI=1S/C5H5ClN4O2/c6-4-3(11)2(1-8-10-4)9-5(7)12/h1H,(H,8,11)(H3,7,9,10,12). The molecule has 0 radical (unpaired) electrons. The lowest BCUT2D eigenvalue weighted by atomic mass is 10.4. The number of aromatic nitrogens is 2. The van der Waals surface area contributed by atoms with Crippen molar-refractivity contribution in [1.29, 1.82) is 0 Å². The number of nitrogens with two attached hydrogens (primary N) is 1. The zero-order valence-corrected chi connectivity index (χ0v) is 6.55. The van der Waals surface area contributed by atoms with E-state index in [2.05, 4.69) is 15.5 Å². The first-order chi connectivity index (χ1) is 5.61. The molecule has 4 N–H and O–H groups in total. The minimum atomic E-state index is -0.831. The molecule has 2 amide bonds. The predicted molar refractivity (Wildman–Crippen MR) is 43.1 cm³/mol. The first kappa shape index (κ1) is 8.54. The topological polar surface area (TPSA) is 101 Å². The third-order valence-corrected chi connectivity index (χ3v) is 1.32. The highest BCUT2D eigenvalue weighted by atomic mass is 35.5. The van der Waals surface area contributed by atoms with E-state index >= 15 is 0 Å². The van der Waals surface area contributed by atoms with Gasteiger partial charge in [-0.1, -0.05) is 11.6 Å². The SMILES string of the molecule is NC(=O)Nc1c[nH]nc(Cl)c1=O. The summed E-state index contributed by atoms with van der Waals surface area (Å²) < 4.78 is 0. The highest BCUT2D eigenvalue weighted by molar-refractivity contribution is 6.29. The van der Waals surface area contributed by atoms with Crippen LogP contribution in [0.15, 0.2) is 11.0 Å². The summed E-state index contributed by atoms with van der Waals surface area (Å²) in [7, 11) is 0. The van der Waals surface area contributed by atoms with Crippen molar-refractivity contribution in [2.75, 3.05) is 5.32 Å². The lowest BCUT2D eigenvalue weighted by molar-refractivity contribution is 0.259. The summed E-state index contributed by atoms with van der Waals surface area (Å²) in [5.41, 5.74) is 4.18. The molecule has 0 saturated carbocycles. The van der Waals surface area contributed by atoms with Crippen LogP contribution in [0, 0.1) is 0 Å². The highest BCUT2D eigenvalue weighted by Crippen LogP contribution is 1.99. The maximum atomic E-state index is 11.0. The summed E-state index contributed by atoms with van der Waals surface area (Å²) in [4.78, 5) is 21.3. The minimum absolute atomic E-state index is 0.0255. The van der Waals surface area contributed by atoms with Crippen LogP contribution in [-0.2, 0) is 0 Å². The third-order valence-electron chi connectivity index (χ3n) is 1.06. The second-order valence-electron chi connectivity index (χ2n) is 1.91. The van der Waals surface area contributed by atoms with Crippen LogP contribution < -0.4 is 16.5 Å². The van der Waals surface area contributed by atoms with Gasteiger partial charge in [0.1, 0.15) is 5.69 Å². The van der Waals surface area contributed by atoms with Crippen LogP contribution in [0.1, 0.15) is 0 Å². The number of hydrogen-bond donors (Lipinski definition) is 3. The molecule has 0 atom stereocenters. The van der Waals surface area contributed by atoms with Crippen LogP contribution in [0.2, 0.25) is 5.15 Å². The van der Waals surface area contributed by atoms with E-state index in [4.69, 9.17) is 17.3 Å². The molecule has 0 aliphatic heterocycles. The molecule has 1 heterocycles. The Morgan fingerprint density at radius 2 is 2.42 bits per heavy atom. The molecule has 0 saturated heterocycles. The summed E-state index contributed by atoms with van der Waals surface area (Å²) in [5.74, 6) is 0. The second-order valence-corrected chi connectivity index (χ2v) is 2.27. The van der Waals surface area contributed by atoms with Crippen molar-refractivity contribution in [1.82, 2.24) is 10.2 Å². The Balaban J connectivity index is 3.09. The number of primary amides is 1. The lowest BCUT2D eigenvalue weighted by Crippen LogP contribution is -2.24. The number of anilines is 1. The van der Waals surface area contributed by atoms with Gasteiger partial charge in [-0.2, -0.15) is 5.10 Å². The van der Waals surface area contributed by atoms with Crippen molar-refractivity contribution in [3.8, 4) is 0 Å². The van der Waals surface area contributed by atoms with E-state index in [1.54, 1.807) is 0 Å². The quantitative estimate of drug-likeness (QED) is 0.574. The summed E-state index contributed by atoms with van der Waals surface area (Å²) in [6.45, 7) is 0. The Labute approximate surface area is 71.7 Å². The maximum absolute atomic E-state index is 11.0. The summed E-state index contributed by atoms with van der Waals surface area (Å²) in [6, 6.07) is -0.831. The van der Waals surface area contributed by atoms with Gasteiger partial charge in [-0.15, -0.1) is 0 Å². The Morgan fingerprint density at radius 3 is 3.00 bits per heavy atom. The monoisotopic (exact) mass is 188 g/mol. The van der Waals surface area contributed by atoms with Crippen molar-refractivity contribution in [3.63, 3.8) is 0 Å². The Hall–Kier alpha value is -1.56. The summed E-state index contributed by atoms with van der Waals surface area (Å²) in [6.07, 6.45) is 1.19. The molecule has 0 aliphatic carbocycles. The molecule has 0 aromatic carbocycles. The number of H-pyrrole nitrogens is 1. The normalized spacial score (nSPS) is 9.42. The van der Waals surface area contributed by atoms with Gasteiger partial charge >= 0.3 is 6.03 Å². The van der Waals surface area contributed by atoms with E-state index in [1.165, 1.54) is 6.20 Å². The van der Waals surface area contributed by atoms with Gasteiger partial charge in [-0.25, -0.2) is 4.79 Å². The van der Waals surface area contributed by atoms with Crippen molar-refractivity contribution in [3.05, 3.63) is 21.6 Å². The second kappa shape index (κ2) is 3.22. The number of nitrogens with zero attached hydrogens (tertiary/aromatic N) is 1. The lowest BCUT2D eigenvalue weighted by Gasteiger charge is -1.98. The van der Waals surface area contributed by atoms with Crippen LogP contribution in [0.5, 0.6) is 0 Å². The van der Waals surface area contributed by atoms with Crippen molar-refractivity contribution < 1.29 is 4.79 Å². The van der Waals surface area contributed by atoms with Gasteiger partial charge in [0.05, 0.1) is 0 Å². The van der Waals surface area contributed by atoms with Crippen LogP contribution in [-0.4, -0.2) is 16.2 Å². The summed E-state index contributed by atoms with van der Waals surface area (Å²) >= 11 is 5.35. The Kier molecular flexibility index (Phi) is 2.29. The Morgan fingerprint density at radius 1 is 1.75 bits per heavy atom. The van der Waals surface area contributed by atoms with E-state index in [0.717, 1.165) is 0 Å². The molecule has 0 fully saturated rings. The first-order valence-electron chi connectivity index (χ1n) is 2.91. The van der Waals surface area contributed by atoms with Gasteiger partial charge in [0.2, 0.25) is 5.43 Å². The predicted octanol–water partition coefficient (Wildman–Crippen LogP) is -0.0861. The molecular formula is C5H5ClN4O2. The number of carbonyl (C=O) groups excluding carboxylic acids is 1. The Bertz CT molecular complexity index is 361. The molecule has 64 valence electrons. The number of amides is 2. The van der Waals surface area contributed by atoms with Gasteiger partial charge in [-0.05, 0) is 0 Å². The van der Waals surface area contributed by atoms with Crippen LogP contribution >= 0.6 is 11.6 Å². The smallest absolute Gasteiger partial charge is 0.316 e. The number of halogens is 1. The van der Waals surface area contributed by atoms with Gasteiger partial charge in [0.25, 0.3) is 0 Å². The van der Waals surface area contributed by atoms with Crippen molar-refractivity contribution in [2.24, 2.45) is 5.73 Å². The number of hydrogen-bond acceptors (Lipinski definition) is 3. The van der Waals surface area contributed by atoms with Crippen LogP contribution in [0.3, 0.4) is 0 Å². The molecule has 7 heteroatoms. The number of rotatable bonds is 1.